The molecule has 1 amide bonds. The largest absolute Gasteiger partial charge is 0.445 e. The topological polar surface area (TPSA) is 64.6 Å². The highest BCUT2D eigenvalue weighted by atomic mass is 19.1. The summed E-state index contributed by atoms with van der Waals surface area (Å²) < 4.78 is 37.1. The van der Waals surface area contributed by atoms with Crippen molar-refractivity contribution in [1.82, 2.24) is 5.32 Å². The van der Waals surface area contributed by atoms with E-state index in [0.717, 1.165) is 11.1 Å². The van der Waals surface area contributed by atoms with Crippen LogP contribution in [-0.4, -0.2) is 24.2 Å². The second-order valence-electron chi connectivity index (χ2n) is 7.55. The van der Waals surface area contributed by atoms with E-state index >= 15 is 0 Å². The van der Waals surface area contributed by atoms with Crippen LogP contribution in [0.15, 0.2) is 59.9 Å². The van der Waals surface area contributed by atoms with E-state index in [-0.39, 0.29) is 35.4 Å². The molecule has 2 aromatic rings. The van der Waals surface area contributed by atoms with Crippen molar-refractivity contribution in [3.8, 4) is 0 Å². The van der Waals surface area contributed by atoms with Crippen molar-refractivity contribution in [2.24, 2.45) is 0 Å². The van der Waals surface area contributed by atoms with Gasteiger partial charge in [-0.25, -0.2) is 13.6 Å². The van der Waals surface area contributed by atoms with Gasteiger partial charge in [-0.15, -0.1) is 0 Å². The molecule has 1 N–H and O–H groups in total. The molecule has 0 bridgehead atoms. The first-order valence-electron chi connectivity index (χ1n) is 9.58. The molecular formula is C23H23F2NO4. The van der Waals surface area contributed by atoms with Crippen LogP contribution in [0.25, 0.3) is 0 Å². The van der Waals surface area contributed by atoms with Gasteiger partial charge in [-0.2, -0.15) is 0 Å². The van der Waals surface area contributed by atoms with Crippen LogP contribution in [0.1, 0.15) is 44.2 Å². The minimum atomic E-state index is -1.11. The van der Waals surface area contributed by atoms with Gasteiger partial charge in [0.15, 0.2) is 0 Å². The Balaban J connectivity index is 1.71. The Labute approximate surface area is 173 Å². The van der Waals surface area contributed by atoms with Crippen molar-refractivity contribution < 1.29 is 27.8 Å². The third kappa shape index (κ3) is 5.03. The fourth-order valence-corrected chi connectivity index (χ4v) is 3.29. The van der Waals surface area contributed by atoms with E-state index in [9.17, 15) is 18.4 Å². The summed E-state index contributed by atoms with van der Waals surface area (Å²) in [5.41, 5.74) is 1.82. The maximum Gasteiger partial charge on any atom is 0.377 e. The van der Waals surface area contributed by atoms with Crippen LogP contribution >= 0.6 is 0 Å². The van der Waals surface area contributed by atoms with E-state index in [4.69, 9.17) is 9.47 Å². The molecule has 30 heavy (non-hydrogen) atoms. The number of rotatable bonds is 6. The van der Waals surface area contributed by atoms with E-state index in [1.807, 2.05) is 0 Å². The maximum absolute atomic E-state index is 13.3. The van der Waals surface area contributed by atoms with Crippen molar-refractivity contribution in [1.29, 1.82) is 0 Å². The fraction of sp³-hybridized carbons (Fsp3) is 0.304. The number of nitrogens with one attached hydrogen (secondary N) is 1. The number of hydrogen-bond acceptors (Lipinski definition) is 4. The van der Waals surface area contributed by atoms with Gasteiger partial charge in [-0.1, -0.05) is 24.3 Å². The highest BCUT2D eigenvalue weighted by Gasteiger charge is 2.39. The van der Waals surface area contributed by atoms with Gasteiger partial charge in [0.05, 0.1) is 5.57 Å². The van der Waals surface area contributed by atoms with Crippen molar-refractivity contribution in [3.63, 3.8) is 0 Å². The molecule has 2 aromatic carbocycles. The van der Waals surface area contributed by atoms with Gasteiger partial charge in [0.25, 0.3) is 5.91 Å². The normalized spacial score (nSPS) is 16.8. The standard InChI is InChI=1S/C23H23F2NO4/c1-14(20-22(28)30-23(2,3)29-20)21(27)26-13-12-19(15-4-8-17(24)9-5-15)16-6-10-18(25)11-7-16/h4-11,19H,12-13H2,1-3H3,(H,26,27). The van der Waals surface area contributed by atoms with E-state index in [1.165, 1.54) is 31.2 Å². The summed E-state index contributed by atoms with van der Waals surface area (Å²) in [4.78, 5) is 24.4. The summed E-state index contributed by atoms with van der Waals surface area (Å²) in [6.45, 7) is 4.93. The molecule has 1 heterocycles. The third-order valence-electron chi connectivity index (χ3n) is 4.82. The maximum atomic E-state index is 13.3. The number of carbonyl (C=O) groups excluding carboxylic acids is 2. The Hall–Kier alpha value is -3.22. The van der Waals surface area contributed by atoms with Crippen molar-refractivity contribution >= 4 is 11.9 Å². The predicted molar refractivity (Wildman–Crippen MR) is 106 cm³/mol. The minimum absolute atomic E-state index is 0.105. The number of cyclic esters (lactones) is 1. The van der Waals surface area contributed by atoms with Gasteiger partial charge < -0.3 is 14.8 Å². The SMILES string of the molecule is CC(C(=O)NCCC(c1ccc(F)cc1)c1ccc(F)cc1)=C1OC(C)(C)OC1=O. The van der Waals surface area contributed by atoms with Crippen LogP contribution in [0.2, 0.25) is 0 Å². The van der Waals surface area contributed by atoms with Gasteiger partial charge in [-0.05, 0) is 48.7 Å². The van der Waals surface area contributed by atoms with E-state index in [0.29, 0.717) is 6.42 Å². The van der Waals surface area contributed by atoms with Crippen LogP contribution in [0.3, 0.4) is 0 Å². The fourth-order valence-electron chi connectivity index (χ4n) is 3.29. The summed E-state index contributed by atoms with van der Waals surface area (Å²) in [5, 5.41) is 2.77. The molecule has 3 rings (SSSR count). The Morgan fingerprint density at radius 2 is 1.47 bits per heavy atom. The third-order valence-corrected chi connectivity index (χ3v) is 4.82. The van der Waals surface area contributed by atoms with Gasteiger partial charge in [0, 0.05) is 26.3 Å². The summed E-state index contributed by atoms with van der Waals surface area (Å²) in [7, 11) is 0. The van der Waals surface area contributed by atoms with Crippen LogP contribution in [0, 0.1) is 11.6 Å². The molecule has 1 aliphatic rings. The second-order valence-corrected chi connectivity index (χ2v) is 7.55. The van der Waals surface area contributed by atoms with Gasteiger partial charge in [0.2, 0.25) is 11.5 Å². The molecule has 1 saturated heterocycles. The summed E-state index contributed by atoms with van der Waals surface area (Å²) >= 11 is 0. The highest BCUT2D eigenvalue weighted by Crippen LogP contribution is 2.29. The zero-order chi connectivity index (χ0) is 21.9. The predicted octanol–water partition coefficient (Wildman–Crippen LogP) is 4.19. The number of carbonyl (C=O) groups is 2. The summed E-state index contributed by atoms with van der Waals surface area (Å²) in [5.74, 6) is -3.21. The van der Waals surface area contributed by atoms with Crippen molar-refractivity contribution in [2.45, 2.75) is 38.9 Å². The lowest BCUT2D eigenvalue weighted by atomic mass is 9.88. The van der Waals surface area contributed by atoms with E-state index in [2.05, 4.69) is 5.32 Å². The monoisotopic (exact) mass is 415 g/mol. The molecular weight excluding hydrogens is 392 g/mol. The van der Waals surface area contributed by atoms with Crippen LogP contribution in [0.5, 0.6) is 0 Å². The number of halogens is 2. The van der Waals surface area contributed by atoms with Crippen LogP contribution in [-0.2, 0) is 19.1 Å². The zero-order valence-electron chi connectivity index (χ0n) is 17.0. The first-order chi connectivity index (χ1) is 14.2. The molecule has 0 aliphatic carbocycles. The Morgan fingerprint density at radius 3 is 1.90 bits per heavy atom. The summed E-state index contributed by atoms with van der Waals surface area (Å²) in [6, 6.07) is 12.1. The minimum Gasteiger partial charge on any atom is -0.445 e. The highest BCUT2D eigenvalue weighted by molar-refractivity contribution is 6.01. The first-order valence-corrected chi connectivity index (χ1v) is 9.58. The first kappa shape index (κ1) is 21.5. The number of esters is 1. The quantitative estimate of drug-likeness (QED) is 0.568. The molecule has 7 heteroatoms. The number of amides is 1. The van der Waals surface area contributed by atoms with Crippen molar-refractivity contribution in [3.05, 3.63) is 82.6 Å². The van der Waals surface area contributed by atoms with Crippen LogP contribution < -0.4 is 5.32 Å². The Kier molecular flexibility index (Phi) is 6.20. The molecule has 0 aromatic heterocycles. The molecule has 0 radical (unpaired) electrons. The van der Waals surface area contributed by atoms with Gasteiger partial charge >= 0.3 is 5.97 Å². The van der Waals surface area contributed by atoms with Gasteiger partial charge in [-0.3, -0.25) is 4.79 Å². The smallest absolute Gasteiger partial charge is 0.377 e. The second kappa shape index (κ2) is 8.65. The number of ether oxygens (including phenoxy) is 2. The van der Waals surface area contributed by atoms with Crippen molar-refractivity contribution in [2.75, 3.05) is 6.54 Å². The molecule has 0 unspecified atom stereocenters. The number of benzene rings is 2. The molecule has 1 aliphatic heterocycles. The lowest BCUT2D eigenvalue weighted by molar-refractivity contribution is -0.159. The Morgan fingerprint density at radius 1 is 0.967 bits per heavy atom. The van der Waals surface area contributed by atoms with Gasteiger partial charge in [0.1, 0.15) is 11.6 Å². The molecule has 1 fully saturated rings. The molecule has 5 nitrogen and oxygen atoms in total. The average molecular weight is 415 g/mol. The van der Waals surface area contributed by atoms with E-state index < -0.39 is 17.7 Å². The molecule has 158 valence electrons. The average Bonchev–Trinajstić information content (AvgIpc) is 2.98. The Bertz CT molecular complexity index is 920. The molecule has 0 atom stereocenters. The van der Waals surface area contributed by atoms with E-state index in [1.54, 1.807) is 38.1 Å². The number of hydrogen-bond donors (Lipinski definition) is 1. The zero-order valence-corrected chi connectivity index (χ0v) is 17.0. The molecule has 0 spiro atoms. The lowest BCUT2D eigenvalue weighted by Crippen LogP contribution is -2.28. The van der Waals surface area contributed by atoms with Crippen LogP contribution in [0.4, 0.5) is 8.78 Å². The summed E-state index contributed by atoms with van der Waals surface area (Å²) in [6.07, 6.45) is 0.489. The molecule has 0 saturated carbocycles. The lowest BCUT2D eigenvalue weighted by Gasteiger charge is -2.19.